The number of thiophene rings is 1. The molecule has 0 amide bonds. The number of nitrogens with zero attached hydrogens (tertiary/aromatic N) is 1. The van der Waals surface area contributed by atoms with E-state index in [1.807, 2.05) is 23.5 Å². The van der Waals surface area contributed by atoms with E-state index in [1.165, 1.54) is 53.2 Å². The third kappa shape index (κ3) is 5.48. The first-order chi connectivity index (χ1) is 27.2. The van der Waals surface area contributed by atoms with E-state index >= 15 is 0 Å². The zero-order valence-corrected chi connectivity index (χ0v) is 30.6. The van der Waals surface area contributed by atoms with E-state index < -0.39 is 0 Å². The third-order valence-electron chi connectivity index (χ3n) is 10.9. The van der Waals surface area contributed by atoms with Gasteiger partial charge in [-0.1, -0.05) is 133 Å². The van der Waals surface area contributed by atoms with E-state index in [0.29, 0.717) is 0 Å². The first-order valence-electron chi connectivity index (χ1n) is 18.7. The monoisotopic (exact) mass is 719 g/mol. The molecule has 258 valence electrons. The molecular weight excluding hydrogens is 687 g/mol. The van der Waals surface area contributed by atoms with E-state index in [-0.39, 0.29) is 0 Å². The van der Waals surface area contributed by atoms with Gasteiger partial charge in [0, 0.05) is 53.6 Å². The predicted octanol–water partition coefficient (Wildman–Crippen LogP) is 15.6. The lowest BCUT2D eigenvalue weighted by Crippen LogP contribution is -2.09. The number of hydrogen-bond donors (Lipinski definition) is 0. The first-order valence-corrected chi connectivity index (χ1v) is 19.5. The highest BCUT2D eigenvalue weighted by atomic mass is 32.1. The van der Waals surface area contributed by atoms with Gasteiger partial charge in [0.15, 0.2) is 0 Å². The Morgan fingerprint density at radius 2 is 0.927 bits per heavy atom. The molecule has 55 heavy (non-hydrogen) atoms. The minimum Gasteiger partial charge on any atom is -0.455 e. The summed E-state index contributed by atoms with van der Waals surface area (Å²) in [5, 5.41) is 7.46. The number of anilines is 3. The van der Waals surface area contributed by atoms with Crippen molar-refractivity contribution in [3.05, 3.63) is 200 Å². The van der Waals surface area contributed by atoms with E-state index in [1.54, 1.807) is 0 Å². The molecule has 0 N–H and O–H groups in total. The fraction of sp³-hybridized carbons (Fsp3) is 0. The molecule has 2 nitrogen and oxygen atoms in total. The summed E-state index contributed by atoms with van der Waals surface area (Å²) < 4.78 is 9.07. The van der Waals surface area contributed by atoms with Gasteiger partial charge < -0.3 is 9.32 Å². The van der Waals surface area contributed by atoms with Crippen LogP contribution in [0.15, 0.2) is 205 Å². The average Bonchev–Trinajstić information content (AvgIpc) is 3.82. The van der Waals surface area contributed by atoms with Gasteiger partial charge in [0.05, 0.1) is 0 Å². The van der Waals surface area contributed by atoms with Crippen LogP contribution >= 0.6 is 11.3 Å². The van der Waals surface area contributed by atoms with E-state index in [9.17, 15) is 0 Å². The highest BCUT2D eigenvalue weighted by Crippen LogP contribution is 2.41. The molecule has 2 aromatic heterocycles. The van der Waals surface area contributed by atoms with Gasteiger partial charge in [-0.15, -0.1) is 11.3 Å². The van der Waals surface area contributed by atoms with Crippen LogP contribution in [-0.2, 0) is 0 Å². The number of benzene rings is 9. The van der Waals surface area contributed by atoms with E-state index in [0.717, 1.165) is 50.1 Å². The summed E-state index contributed by atoms with van der Waals surface area (Å²) in [7, 11) is 0. The Balaban J connectivity index is 0.973. The van der Waals surface area contributed by atoms with Gasteiger partial charge in [-0.25, -0.2) is 0 Å². The normalized spacial score (nSPS) is 11.6. The molecule has 11 aromatic rings. The molecule has 0 unspecified atom stereocenters. The molecule has 11 rings (SSSR count). The van der Waals surface area contributed by atoms with Crippen molar-refractivity contribution in [2.24, 2.45) is 0 Å². The zero-order chi connectivity index (χ0) is 36.3. The van der Waals surface area contributed by atoms with Crippen LogP contribution in [0.1, 0.15) is 0 Å². The molecule has 0 aliphatic carbocycles. The smallest absolute Gasteiger partial charge is 0.143 e. The van der Waals surface area contributed by atoms with Gasteiger partial charge in [0.25, 0.3) is 0 Å². The Kier molecular flexibility index (Phi) is 7.39. The highest BCUT2D eigenvalue weighted by Gasteiger charge is 2.16. The van der Waals surface area contributed by atoms with Crippen molar-refractivity contribution in [1.82, 2.24) is 0 Å². The van der Waals surface area contributed by atoms with Gasteiger partial charge in [-0.3, -0.25) is 0 Å². The molecule has 0 radical (unpaired) electrons. The van der Waals surface area contributed by atoms with Crippen molar-refractivity contribution < 1.29 is 4.42 Å². The van der Waals surface area contributed by atoms with E-state index in [2.05, 4.69) is 193 Å². The standard InChI is InChI=1S/C52H33NOS/c1-2-9-34(10-3-1)35-19-25-41(26-20-35)53(43-29-23-37(24-30-43)44-13-8-14-47-45-11-4-6-15-49(45)54-52(44)47)42-27-21-36(22-28-42)38-17-18-39-33-51-48(32-40(39)31-38)46-12-5-7-16-50(46)55-51/h1-33H. The number of rotatable bonds is 6. The van der Waals surface area contributed by atoms with E-state index in [4.69, 9.17) is 4.42 Å². The summed E-state index contributed by atoms with van der Waals surface area (Å²) in [6.45, 7) is 0. The van der Waals surface area contributed by atoms with Gasteiger partial charge in [-0.2, -0.15) is 0 Å². The molecule has 0 atom stereocenters. The quantitative estimate of drug-likeness (QED) is 0.170. The maximum Gasteiger partial charge on any atom is 0.143 e. The van der Waals surface area contributed by atoms with Crippen molar-refractivity contribution >= 4 is 81.3 Å². The Morgan fingerprint density at radius 1 is 0.345 bits per heavy atom. The molecule has 0 saturated heterocycles. The summed E-state index contributed by atoms with van der Waals surface area (Å²) in [4.78, 5) is 2.34. The van der Waals surface area contributed by atoms with Crippen LogP contribution in [0.25, 0.3) is 86.3 Å². The Labute approximate surface area is 322 Å². The number of fused-ring (bicyclic) bond motifs is 7. The number of para-hydroxylation sites is 2. The predicted molar refractivity (Wildman–Crippen MR) is 235 cm³/mol. The second-order valence-corrected chi connectivity index (χ2v) is 15.2. The van der Waals surface area contributed by atoms with Crippen molar-refractivity contribution in [1.29, 1.82) is 0 Å². The maximum absolute atomic E-state index is 6.40. The third-order valence-corrected chi connectivity index (χ3v) is 12.0. The highest BCUT2D eigenvalue weighted by molar-refractivity contribution is 7.25. The molecule has 0 saturated carbocycles. The summed E-state index contributed by atoms with van der Waals surface area (Å²) in [6, 6.07) is 72.2. The van der Waals surface area contributed by atoms with Crippen LogP contribution in [0.4, 0.5) is 17.1 Å². The zero-order valence-electron chi connectivity index (χ0n) is 29.8. The number of hydrogen-bond acceptors (Lipinski definition) is 3. The Hall–Kier alpha value is -6.94. The minimum absolute atomic E-state index is 0.909. The van der Waals surface area contributed by atoms with Gasteiger partial charge in [0.1, 0.15) is 11.2 Å². The summed E-state index contributed by atoms with van der Waals surface area (Å²) >= 11 is 1.87. The topological polar surface area (TPSA) is 16.4 Å². The van der Waals surface area contributed by atoms with Crippen molar-refractivity contribution in [2.75, 3.05) is 4.90 Å². The summed E-state index contributed by atoms with van der Waals surface area (Å²) in [6.07, 6.45) is 0. The largest absolute Gasteiger partial charge is 0.455 e. The van der Waals surface area contributed by atoms with Crippen LogP contribution in [0.3, 0.4) is 0 Å². The lowest BCUT2D eigenvalue weighted by atomic mass is 9.99. The fourth-order valence-electron chi connectivity index (χ4n) is 8.10. The lowest BCUT2D eigenvalue weighted by molar-refractivity contribution is 0.670. The van der Waals surface area contributed by atoms with Gasteiger partial charge in [0.2, 0.25) is 0 Å². The van der Waals surface area contributed by atoms with Crippen LogP contribution in [0, 0.1) is 0 Å². The molecule has 3 heteroatoms. The Morgan fingerprint density at radius 3 is 1.67 bits per heavy atom. The second-order valence-electron chi connectivity index (χ2n) is 14.1. The maximum atomic E-state index is 6.40. The number of furan rings is 1. The minimum atomic E-state index is 0.909. The van der Waals surface area contributed by atoms with Crippen LogP contribution in [0.2, 0.25) is 0 Å². The molecule has 0 aliphatic heterocycles. The van der Waals surface area contributed by atoms with Crippen LogP contribution < -0.4 is 4.90 Å². The van der Waals surface area contributed by atoms with Crippen molar-refractivity contribution in [3.63, 3.8) is 0 Å². The molecular formula is C52H33NOS. The molecule has 2 heterocycles. The van der Waals surface area contributed by atoms with Crippen LogP contribution in [0.5, 0.6) is 0 Å². The molecule has 9 aromatic carbocycles. The SMILES string of the molecule is c1ccc(-c2ccc(N(c3ccc(-c4ccc5cc6sc7ccccc7c6cc5c4)cc3)c3ccc(-c4cccc5c4oc4ccccc45)cc3)cc2)cc1. The molecule has 0 spiro atoms. The van der Waals surface area contributed by atoms with Crippen molar-refractivity contribution in [3.8, 4) is 33.4 Å². The lowest BCUT2D eigenvalue weighted by Gasteiger charge is -2.26. The van der Waals surface area contributed by atoms with Crippen molar-refractivity contribution in [2.45, 2.75) is 0 Å². The Bertz CT molecular complexity index is 3170. The molecule has 0 bridgehead atoms. The molecule has 0 aliphatic rings. The van der Waals surface area contributed by atoms with Crippen LogP contribution in [-0.4, -0.2) is 0 Å². The second kappa shape index (κ2) is 12.9. The summed E-state index contributed by atoms with van der Waals surface area (Å²) in [5.41, 5.74) is 12.1. The fourth-order valence-corrected chi connectivity index (χ4v) is 9.23. The van der Waals surface area contributed by atoms with Gasteiger partial charge in [-0.05, 0) is 105 Å². The molecule has 0 fully saturated rings. The first kappa shape index (κ1) is 31.6. The summed E-state index contributed by atoms with van der Waals surface area (Å²) in [5.74, 6) is 0. The average molecular weight is 720 g/mol. The van der Waals surface area contributed by atoms with Gasteiger partial charge >= 0.3 is 0 Å².